The van der Waals surface area contributed by atoms with Crippen LogP contribution in [0.3, 0.4) is 0 Å². The number of fused-ring (bicyclic) bond motifs is 1. The Balaban J connectivity index is 2.34. The van der Waals surface area contributed by atoms with Crippen molar-refractivity contribution in [1.29, 1.82) is 0 Å². The Bertz CT molecular complexity index is 369. The second-order valence-electron chi connectivity index (χ2n) is 5.30. The molecule has 1 aromatic rings. The number of hydrogen-bond donors (Lipinski definition) is 2. The highest BCUT2D eigenvalue weighted by molar-refractivity contribution is 5.75. The molecule has 0 radical (unpaired) electrons. The molecular weight excluding hydrogens is 196 g/mol. The molecule has 0 amide bonds. The summed E-state index contributed by atoms with van der Waals surface area (Å²) in [5.41, 5.74) is 3.97. The summed E-state index contributed by atoms with van der Waals surface area (Å²) in [6.45, 7) is 10.0. The summed E-state index contributed by atoms with van der Waals surface area (Å²) < 4.78 is 0. The van der Waals surface area contributed by atoms with Crippen LogP contribution >= 0.6 is 0 Å². The molecule has 0 saturated heterocycles. The molecule has 16 heavy (non-hydrogen) atoms. The van der Waals surface area contributed by atoms with Crippen molar-refractivity contribution in [2.45, 2.75) is 39.7 Å². The molecule has 2 N–H and O–H groups in total. The molecule has 1 aromatic carbocycles. The van der Waals surface area contributed by atoms with Gasteiger partial charge in [-0.2, -0.15) is 0 Å². The maximum absolute atomic E-state index is 3.68. The number of hydrogen-bond acceptors (Lipinski definition) is 2. The van der Waals surface area contributed by atoms with Crippen LogP contribution in [0.4, 0.5) is 11.4 Å². The topological polar surface area (TPSA) is 24.1 Å². The zero-order valence-corrected chi connectivity index (χ0v) is 10.7. The summed E-state index contributed by atoms with van der Waals surface area (Å²) in [6, 6.07) is 7.05. The fourth-order valence-electron chi connectivity index (χ4n) is 2.22. The highest BCUT2D eigenvalue weighted by Gasteiger charge is 2.22. The molecule has 0 aliphatic carbocycles. The van der Waals surface area contributed by atoms with Crippen LogP contribution in [0.2, 0.25) is 0 Å². The van der Waals surface area contributed by atoms with E-state index in [0.717, 1.165) is 6.54 Å². The van der Waals surface area contributed by atoms with Gasteiger partial charge in [0, 0.05) is 12.6 Å². The maximum atomic E-state index is 3.68. The Morgan fingerprint density at radius 2 is 1.94 bits per heavy atom. The fraction of sp³-hybridized carbons (Fsp3) is 0.571. The average molecular weight is 218 g/mol. The van der Waals surface area contributed by atoms with Gasteiger partial charge in [-0.05, 0) is 23.5 Å². The first kappa shape index (κ1) is 11.3. The van der Waals surface area contributed by atoms with Crippen LogP contribution in [0.15, 0.2) is 18.2 Å². The normalized spacial score (nSPS) is 19.2. The third kappa shape index (κ3) is 2.01. The van der Waals surface area contributed by atoms with E-state index in [1.54, 1.807) is 0 Å². The number of para-hydroxylation sites is 1. The van der Waals surface area contributed by atoms with Crippen LogP contribution in [0.1, 0.15) is 39.2 Å². The molecule has 1 aliphatic rings. The third-order valence-electron chi connectivity index (χ3n) is 3.37. The molecule has 2 heteroatoms. The number of benzene rings is 1. The monoisotopic (exact) mass is 218 g/mol. The van der Waals surface area contributed by atoms with Crippen molar-refractivity contribution in [1.82, 2.24) is 0 Å². The standard InChI is InChI=1S/C14H22N2/c1-9(2)11-6-5-7-12-14(11)16-13(8-15-12)10(3)4/h5-7,9-10,13,15-16H,8H2,1-4H3. The summed E-state index contributed by atoms with van der Waals surface area (Å²) in [5.74, 6) is 1.22. The van der Waals surface area contributed by atoms with Gasteiger partial charge in [-0.1, -0.05) is 39.8 Å². The molecule has 1 aliphatic heterocycles. The fourth-order valence-corrected chi connectivity index (χ4v) is 2.22. The smallest absolute Gasteiger partial charge is 0.0614 e. The Kier molecular flexibility index (Phi) is 3.08. The van der Waals surface area contributed by atoms with E-state index in [1.165, 1.54) is 16.9 Å². The number of rotatable bonds is 2. The molecular formula is C14H22N2. The van der Waals surface area contributed by atoms with E-state index in [0.29, 0.717) is 17.9 Å². The average Bonchev–Trinajstić information content (AvgIpc) is 2.27. The van der Waals surface area contributed by atoms with E-state index in [-0.39, 0.29) is 0 Å². The van der Waals surface area contributed by atoms with Crippen LogP contribution in [0, 0.1) is 5.92 Å². The molecule has 1 atom stereocenters. The molecule has 88 valence electrons. The summed E-state index contributed by atoms with van der Waals surface area (Å²) in [5, 5.41) is 7.21. The van der Waals surface area contributed by atoms with Crippen LogP contribution in [-0.4, -0.2) is 12.6 Å². The lowest BCUT2D eigenvalue weighted by molar-refractivity contribution is 0.535. The molecule has 1 heterocycles. The number of anilines is 2. The second-order valence-corrected chi connectivity index (χ2v) is 5.30. The first-order valence-electron chi connectivity index (χ1n) is 6.23. The lowest BCUT2D eigenvalue weighted by Gasteiger charge is -2.33. The molecule has 0 aromatic heterocycles. The zero-order chi connectivity index (χ0) is 11.7. The van der Waals surface area contributed by atoms with Gasteiger partial charge in [0.2, 0.25) is 0 Å². The van der Waals surface area contributed by atoms with Gasteiger partial charge in [0.25, 0.3) is 0 Å². The van der Waals surface area contributed by atoms with E-state index in [9.17, 15) is 0 Å². The van der Waals surface area contributed by atoms with Crippen molar-refractivity contribution in [2.24, 2.45) is 5.92 Å². The number of nitrogens with one attached hydrogen (secondary N) is 2. The molecule has 2 nitrogen and oxygen atoms in total. The van der Waals surface area contributed by atoms with Gasteiger partial charge in [0.15, 0.2) is 0 Å². The SMILES string of the molecule is CC(C)c1cccc2c1NC(C(C)C)CN2. The van der Waals surface area contributed by atoms with Gasteiger partial charge in [-0.15, -0.1) is 0 Å². The van der Waals surface area contributed by atoms with E-state index in [4.69, 9.17) is 0 Å². The molecule has 0 spiro atoms. The maximum Gasteiger partial charge on any atom is 0.0614 e. The van der Waals surface area contributed by atoms with E-state index < -0.39 is 0 Å². The van der Waals surface area contributed by atoms with Crippen molar-refractivity contribution in [2.75, 3.05) is 17.2 Å². The predicted molar refractivity (Wildman–Crippen MR) is 71.3 cm³/mol. The van der Waals surface area contributed by atoms with Gasteiger partial charge < -0.3 is 10.6 Å². The third-order valence-corrected chi connectivity index (χ3v) is 3.37. The first-order valence-corrected chi connectivity index (χ1v) is 6.23. The summed E-state index contributed by atoms with van der Waals surface area (Å²) in [7, 11) is 0. The van der Waals surface area contributed by atoms with Gasteiger partial charge >= 0.3 is 0 Å². The van der Waals surface area contributed by atoms with Gasteiger partial charge in [0.1, 0.15) is 0 Å². The summed E-state index contributed by atoms with van der Waals surface area (Å²) >= 11 is 0. The lowest BCUT2D eigenvalue weighted by atomic mass is 9.95. The Morgan fingerprint density at radius 1 is 1.19 bits per heavy atom. The Hall–Kier alpha value is -1.18. The minimum Gasteiger partial charge on any atom is -0.381 e. The Morgan fingerprint density at radius 3 is 2.56 bits per heavy atom. The minimum atomic E-state index is 0.535. The van der Waals surface area contributed by atoms with Gasteiger partial charge in [0.05, 0.1) is 11.4 Å². The summed E-state index contributed by atoms with van der Waals surface area (Å²) in [4.78, 5) is 0. The first-order chi connectivity index (χ1) is 7.59. The van der Waals surface area contributed by atoms with Gasteiger partial charge in [-0.25, -0.2) is 0 Å². The molecule has 0 saturated carbocycles. The van der Waals surface area contributed by atoms with Crippen LogP contribution in [0.25, 0.3) is 0 Å². The van der Waals surface area contributed by atoms with Crippen LogP contribution in [-0.2, 0) is 0 Å². The molecule has 0 bridgehead atoms. The van der Waals surface area contributed by atoms with E-state index in [2.05, 4.69) is 56.5 Å². The quantitative estimate of drug-likeness (QED) is 0.791. The van der Waals surface area contributed by atoms with E-state index in [1.807, 2.05) is 0 Å². The molecule has 2 rings (SSSR count). The molecule has 1 unspecified atom stereocenters. The predicted octanol–water partition coefficient (Wildman–Crippen LogP) is 3.67. The van der Waals surface area contributed by atoms with Crippen molar-refractivity contribution >= 4 is 11.4 Å². The van der Waals surface area contributed by atoms with Crippen LogP contribution < -0.4 is 10.6 Å². The zero-order valence-electron chi connectivity index (χ0n) is 10.7. The van der Waals surface area contributed by atoms with Crippen molar-refractivity contribution < 1.29 is 0 Å². The van der Waals surface area contributed by atoms with Crippen molar-refractivity contribution in [3.05, 3.63) is 23.8 Å². The van der Waals surface area contributed by atoms with Gasteiger partial charge in [-0.3, -0.25) is 0 Å². The Labute approximate surface area is 98.4 Å². The summed E-state index contributed by atoms with van der Waals surface area (Å²) in [6.07, 6.45) is 0. The largest absolute Gasteiger partial charge is 0.381 e. The van der Waals surface area contributed by atoms with Crippen LogP contribution in [0.5, 0.6) is 0 Å². The molecule has 0 fully saturated rings. The van der Waals surface area contributed by atoms with Crippen molar-refractivity contribution in [3.63, 3.8) is 0 Å². The van der Waals surface area contributed by atoms with Crippen molar-refractivity contribution in [3.8, 4) is 0 Å². The lowest BCUT2D eigenvalue weighted by Crippen LogP contribution is -2.37. The highest BCUT2D eigenvalue weighted by atomic mass is 15.1. The minimum absolute atomic E-state index is 0.535. The van der Waals surface area contributed by atoms with E-state index >= 15 is 0 Å². The highest BCUT2D eigenvalue weighted by Crippen LogP contribution is 2.35. The second kappa shape index (κ2) is 4.36.